The maximum atomic E-state index is 14.4. The molecule has 0 spiro atoms. The maximum Gasteiger partial charge on any atom is 0.264 e. The van der Waals surface area contributed by atoms with Gasteiger partial charge in [0, 0.05) is 23.7 Å². The van der Waals surface area contributed by atoms with Gasteiger partial charge in [-0.25, -0.2) is 8.42 Å². The Morgan fingerprint density at radius 2 is 1.54 bits per heavy atom. The summed E-state index contributed by atoms with van der Waals surface area (Å²) in [6.07, 6.45) is 5.34. The lowest BCUT2D eigenvalue weighted by atomic mass is 9.95. The van der Waals surface area contributed by atoms with Gasteiger partial charge in [0.2, 0.25) is 11.8 Å². The molecule has 1 aliphatic carbocycles. The van der Waals surface area contributed by atoms with E-state index < -0.39 is 28.5 Å². The molecule has 248 valence electrons. The quantitative estimate of drug-likeness (QED) is 0.230. The Bertz CT molecular complexity index is 1580. The summed E-state index contributed by atoms with van der Waals surface area (Å²) in [5.74, 6) is 0.435. The predicted octanol–water partition coefficient (Wildman–Crippen LogP) is 5.82. The number of hydrogen-bond donors (Lipinski definition) is 1. The van der Waals surface area contributed by atoms with Crippen LogP contribution in [-0.2, 0) is 26.2 Å². The van der Waals surface area contributed by atoms with Crippen LogP contribution in [-0.4, -0.2) is 65.1 Å². The molecule has 12 heteroatoms. The summed E-state index contributed by atoms with van der Waals surface area (Å²) >= 11 is 6.14. The van der Waals surface area contributed by atoms with Crippen molar-refractivity contribution in [2.24, 2.45) is 0 Å². The molecular weight excluding hydrogens is 630 g/mol. The van der Waals surface area contributed by atoms with E-state index in [1.807, 2.05) is 19.1 Å². The Kier molecular flexibility index (Phi) is 12.2. The van der Waals surface area contributed by atoms with Gasteiger partial charge in [-0.05, 0) is 73.4 Å². The van der Waals surface area contributed by atoms with E-state index in [1.165, 1.54) is 49.5 Å². The van der Waals surface area contributed by atoms with Gasteiger partial charge >= 0.3 is 0 Å². The number of carbonyl (C=O) groups excluding carboxylic acids is 2. The van der Waals surface area contributed by atoms with Gasteiger partial charge in [-0.2, -0.15) is 0 Å². The van der Waals surface area contributed by atoms with Gasteiger partial charge in [0.25, 0.3) is 10.0 Å². The molecule has 0 unspecified atom stereocenters. The summed E-state index contributed by atoms with van der Waals surface area (Å²) in [4.78, 5) is 29.5. The minimum absolute atomic E-state index is 0.0456. The molecule has 0 saturated heterocycles. The van der Waals surface area contributed by atoms with Gasteiger partial charge in [0.1, 0.15) is 18.3 Å². The largest absolute Gasteiger partial charge is 0.497 e. The zero-order valence-corrected chi connectivity index (χ0v) is 28.3. The third-order valence-corrected chi connectivity index (χ3v) is 10.2. The van der Waals surface area contributed by atoms with Gasteiger partial charge < -0.3 is 24.4 Å². The van der Waals surface area contributed by atoms with Crippen molar-refractivity contribution in [2.45, 2.75) is 69.0 Å². The van der Waals surface area contributed by atoms with Crippen LogP contribution in [0.1, 0.15) is 51.0 Å². The van der Waals surface area contributed by atoms with Gasteiger partial charge in [0.15, 0.2) is 11.5 Å². The summed E-state index contributed by atoms with van der Waals surface area (Å²) in [5.41, 5.74) is 0.996. The summed E-state index contributed by atoms with van der Waals surface area (Å²) < 4.78 is 45.4. The molecular formula is C34H42ClN3O7S. The predicted molar refractivity (Wildman–Crippen MR) is 178 cm³/mol. The molecule has 0 bridgehead atoms. The maximum absolute atomic E-state index is 14.4. The zero-order valence-electron chi connectivity index (χ0n) is 26.7. The highest BCUT2D eigenvalue weighted by Crippen LogP contribution is 2.33. The second-order valence-electron chi connectivity index (χ2n) is 11.1. The number of methoxy groups -OCH3 is 3. The van der Waals surface area contributed by atoms with Crippen molar-refractivity contribution in [1.82, 2.24) is 10.2 Å². The lowest BCUT2D eigenvalue weighted by Gasteiger charge is -2.34. The van der Waals surface area contributed by atoms with Crippen molar-refractivity contribution in [3.05, 3.63) is 77.3 Å². The van der Waals surface area contributed by atoms with E-state index in [0.29, 0.717) is 22.9 Å². The normalized spacial score (nSPS) is 14.2. The van der Waals surface area contributed by atoms with Crippen LogP contribution in [0.15, 0.2) is 71.6 Å². The Morgan fingerprint density at radius 3 is 2.13 bits per heavy atom. The van der Waals surface area contributed by atoms with Gasteiger partial charge in [-0.15, -0.1) is 0 Å². The van der Waals surface area contributed by atoms with Crippen molar-refractivity contribution >= 4 is 39.1 Å². The molecule has 1 saturated carbocycles. The van der Waals surface area contributed by atoms with Crippen LogP contribution < -0.4 is 23.8 Å². The zero-order chi connectivity index (χ0) is 33.3. The first-order chi connectivity index (χ1) is 22.1. The molecule has 46 heavy (non-hydrogen) atoms. The van der Waals surface area contributed by atoms with Crippen LogP contribution in [0.2, 0.25) is 5.02 Å². The SMILES string of the molecule is CC[C@H](C(=O)NC1CCCCC1)N(Cc1ccc(OC)cc1)C(=O)CN(c1ccc(Cl)cc1)S(=O)(=O)c1ccc(OC)c(OC)c1. The smallest absolute Gasteiger partial charge is 0.264 e. The molecule has 0 aliphatic heterocycles. The average molecular weight is 672 g/mol. The molecule has 1 fully saturated rings. The lowest BCUT2D eigenvalue weighted by Crippen LogP contribution is -2.54. The second-order valence-corrected chi connectivity index (χ2v) is 13.4. The summed E-state index contributed by atoms with van der Waals surface area (Å²) in [5, 5.41) is 3.56. The first-order valence-electron chi connectivity index (χ1n) is 15.3. The van der Waals surface area contributed by atoms with Crippen LogP contribution in [0.25, 0.3) is 0 Å². The van der Waals surface area contributed by atoms with Crippen molar-refractivity contribution in [3.63, 3.8) is 0 Å². The molecule has 1 atom stereocenters. The highest BCUT2D eigenvalue weighted by Gasteiger charge is 2.35. The minimum atomic E-state index is -4.32. The number of anilines is 1. The highest BCUT2D eigenvalue weighted by atomic mass is 35.5. The van der Waals surface area contributed by atoms with Crippen molar-refractivity contribution < 1.29 is 32.2 Å². The summed E-state index contributed by atoms with van der Waals surface area (Å²) in [6.45, 7) is 1.36. The van der Waals surface area contributed by atoms with E-state index in [2.05, 4.69) is 5.32 Å². The van der Waals surface area contributed by atoms with Gasteiger partial charge in [-0.1, -0.05) is 49.9 Å². The molecule has 3 aromatic rings. The fourth-order valence-electron chi connectivity index (χ4n) is 5.63. The number of benzene rings is 3. The van der Waals surface area contributed by atoms with Crippen molar-refractivity contribution in [2.75, 3.05) is 32.2 Å². The van der Waals surface area contributed by atoms with Crippen molar-refractivity contribution in [1.29, 1.82) is 0 Å². The number of hydrogen-bond acceptors (Lipinski definition) is 7. The Hall–Kier alpha value is -3.96. The Labute approximate surface area is 276 Å². The van der Waals surface area contributed by atoms with E-state index >= 15 is 0 Å². The number of carbonyl (C=O) groups is 2. The number of amides is 2. The highest BCUT2D eigenvalue weighted by molar-refractivity contribution is 7.92. The molecule has 2 amide bonds. The third kappa shape index (κ3) is 8.44. The van der Waals surface area contributed by atoms with Gasteiger partial charge in [-0.3, -0.25) is 13.9 Å². The number of nitrogens with one attached hydrogen (secondary N) is 1. The fourth-order valence-corrected chi connectivity index (χ4v) is 7.19. The van der Waals surface area contributed by atoms with Crippen LogP contribution in [0.4, 0.5) is 5.69 Å². The van der Waals surface area contributed by atoms with Crippen molar-refractivity contribution in [3.8, 4) is 17.2 Å². The minimum Gasteiger partial charge on any atom is -0.497 e. The first kappa shape index (κ1) is 34.9. The molecule has 10 nitrogen and oxygen atoms in total. The van der Waals surface area contributed by atoms with E-state index in [4.69, 9.17) is 25.8 Å². The monoisotopic (exact) mass is 671 g/mol. The number of halogens is 1. The Morgan fingerprint density at radius 1 is 0.891 bits per heavy atom. The van der Waals surface area contributed by atoms with E-state index in [1.54, 1.807) is 31.4 Å². The molecule has 3 aromatic carbocycles. The standard InChI is InChI=1S/C34H42ClN3O7S/c1-5-30(34(40)36-26-9-7-6-8-10-26)37(22-24-11-17-28(43-2)18-12-24)33(39)23-38(27-15-13-25(35)14-16-27)46(41,42)29-19-20-31(44-3)32(21-29)45-4/h11-21,26,30H,5-10,22-23H2,1-4H3,(H,36,40)/t30-/m1/s1. The fraction of sp³-hybridized carbons (Fsp3) is 0.412. The van der Waals surface area contributed by atoms with E-state index in [0.717, 1.165) is 42.0 Å². The summed E-state index contributed by atoms with van der Waals surface area (Å²) in [7, 11) is 0.114. The molecule has 0 heterocycles. The lowest BCUT2D eigenvalue weighted by molar-refractivity contribution is -0.140. The van der Waals surface area contributed by atoms with Crippen LogP contribution in [0.3, 0.4) is 0 Å². The summed E-state index contributed by atoms with van der Waals surface area (Å²) in [6, 6.07) is 16.8. The molecule has 1 aliphatic rings. The molecule has 0 radical (unpaired) electrons. The van der Waals surface area contributed by atoms with Crippen LogP contribution in [0.5, 0.6) is 17.2 Å². The average Bonchev–Trinajstić information content (AvgIpc) is 3.07. The Balaban J connectivity index is 1.73. The van der Waals surface area contributed by atoms with E-state index in [-0.39, 0.29) is 34.8 Å². The molecule has 0 aromatic heterocycles. The van der Waals surface area contributed by atoms with E-state index in [9.17, 15) is 18.0 Å². The van der Waals surface area contributed by atoms with Crippen LogP contribution in [0, 0.1) is 0 Å². The van der Waals surface area contributed by atoms with Gasteiger partial charge in [0.05, 0.1) is 31.9 Å². The number of ether oxygens (including phenoxy) is 3. The second kappa shape index (κ2) is 16.0. The molecule has 1 N–H and O–H groups in total. The first-order valence-corrected chi connectivity index (χ1v) is 17.2. The number of sulfonamides is 1. The number of nitrogens with zero attached hydrogens (tertiary/aromatic N) is 2. The topological polar surface area (TPSA) is 114 Å². The third-order valence-electron chi connectivity index (χ3n) is 8.19. The molecule has 4 rings (SSSR count). The number of rotatable bonds is 14. The van der Waals surface area contributed by atoms with Crippen LogP contribution >= 0.6 is 11.6 Å².